The van der Waals surface area contributed by atoms with Gasteiger partial charge in [-0.15, -0.1) is 0 Å². The molecule has 1 aliphatic rings. The standard InChI is InChI=1S/C30H28ClN5O3/c1-19-28(26-15-21-5-2-3-7-25(21)36(26)17-20-8-10-23(31)11-9-20)33-27-16-22(12-14-35(19)27)29(37)34-13-4-6-24(18-34)39-30(32)38/h2-3,5,7-12,14-16,24H,4,6,13,17-18H2,1H3,(H2,32,38). The van der Waals surface area contributed by atoms with Gasteiger partial charge in [0.25, 0.3) is 5.91 Å². The van der Waals surface area contributed by atoms with Crippen molar-refractivity contribution in [2.24, 2.45) is 5.73 Å². The molecule has 1 unspecified atom stereocenters. The number of benzene rings is 2. The molecular formula is C30H28ClN5O3. The number of nitrogens with zero attached hydrogens (tertiary/aromatic N) is 4. The molecule has 2 amide bonds. The number of aromatic nitrogens is 3. The van der Waals surface area contributed by atoms with Crippen LogP contribution in [0.25, 0.3) is 27.9 Å². The second kappa shape index (κ2) is 10.1. The van der Waals surface area contributed by atoms with E-state index >= 15 is 0 Å². The van der Waals surface area contributed by atoms with Gasteiger partial charge in [0.2, 0.25) is 0 Å². The Morgan fingerprint density at radius 2 is 1.90 bits per heavy atom. The molecular weight excluding hydrogens is 514 g/mol. The first-order valence-corrected chi connectivity index (χ1v) is 13.3. The van der Waals surface area contributed by atoms with Crippen LogP contribution in [0.1, 0.15) is 34.5 Å². The van der Waals surface area contributed by atoms with Crippen LogP contribution in [0.5, 0.6) is 0 Å². The molecule has 9 heteroatoms. The molecule has 4 heterocycles. The maximum Gasteiger partial charge on any atom is 0.404 e. The average molecular weight is 542 g/mol. The largest absolute Gasteiger partial charge is 0.445 e. The Balaban J connectivity index is 1.36. The smallest absolute Gasteiger partial charge is 0.404 e. The first-order valence-electron chi connectivity index (χ1n) is 12.9. The summed E-state index contributed by atoms with van der Waals surface area (Å²) in [7, 11) is 0. The van der Waals surface area contributed by atoms with Crippen molar-refractivity contribution >= 4 is 40.2 Å². The van der Waals surface area contributed by atoms with Crippen LogP contribution < -0.4 is 5.73 Å². The molecule has 1 fully saturated rings. The summed E-state index contributed by atoms with van der Waals surface area (Å²) in [6.45, 7) is 3.64. The highest BCUT2D eigenvalue weighted by Gasteiger charge is 2.27. The summed E-state index contributed by atoms with van der Waals surface area (Å²) in [6, 6.07) is 22.0. The molecule has 0 saturated carbocycles. The van der Waals surface area contributed by atoms with Crippen LogP contribution in [0.2, 0.25) is 5.02 Å². The minimum Gasteiger partial charge on any atom is -0.445 e. The Hall–Kier alpha value is -4.30. The fraction of sp³-hybridized carbons (Fsp3) is 0.233. The van der Waals surface area contributed by atoms with Crippen molar-refractivity contribution in [3.8, 4) is 11.4 Å². The molecule has 3 aromatic heterocycles. The molecule has 0 radical (unpaired) electrons. The number of para-hydroxylation sites is 1. The number of likely N-dealkylation sites (tertiary alicyclic amines) is 1. The number of hydrogen-bond acceptors (Lipinski definition) is 4. The van der Waals surface area contributed by atoms with Crippen molar-refractivity contribution in [3.05, 3.63) is 94.8 Å². The number of piperidine rings is 1. The van der Waals surface area contributed by atoms with Gasteiger partial charge in [0, 0.05) is 46.5 Å². The highest BCUT2D eigenvalue weighted by Crippen LogP contribution is 2.32. The summed E-state index contributed by atoms with van der Waals surface area (Å²) in [5.41, 5.74) is 11.5. The number of ether oxygens (including phenoxy) is 1. The molecule has 39 heavy (non-hydrogen) atoms. The molecule has 1 aliphatic heterocycles. The Morgan fingerprint density at radius 1 is 1.10 bits per heavy atom. The molecule has 1 atom stereocenters. The van der Waals surface area contributed by atoms with Crippen LogP contribution in [0.15, 0.2) is 72.9 Å². The molecule has 8 nitrogen and oxygen atoms in total. The fourth-order valence-electron chi connectivity index (χ4n) is 5.46. The van der Waals surface area contributed by atoms with Gasteiger partial charge in [-0.2, -0.15) is 0 Å². The SMILES string of the molecule is Cc1c(-c2cc3ccccc3n2Cc2ccc(Cl)cc2)nc2cc(C(=O)N3CCCC(OC(N)=O)C3)ccn12. The Labute approximate surface area is 230 Å². The van der Waals surface area contributed by atoms with E-state index in [2.05, 4.69) is 22.8 Å². The second-order valence-corrected chi connectivity index (χ2v) is 10.4. The molecule has 0 spiro atoms. The minimum atomic E-state index is -0.815. The van der Waals surface area contributed by atoms with E-state index in [0.29, 0.717) is 42.3 Å². The molecule has 2 N–H and O–H groups in total. The number of fused-ring (bicyclic) bond motifs is 2. The summed E-state index contributed by atoms with van der Waals surface area (Å²) in [6.07, 6.45) is 2.13. The summed E-state index contributed by atoms with van der Waals surface area (Å²) >= 11 is 6.12. The zero-order valence-corrected chi connectivity index (χ0v) is 22.3. The number of hydrogen-bond donors (Lipinski definition) is 1. The van der Waals surface area contributed by atoms with Crippen molar-refractivity contribution in [1.82, 2.24) is 18.9 Å². The zero-order valence-electron chi connectivity index (χ0n) is 21.5. The first kappa shape index (κ1) is 25.0. The van der Waals surface area contributed by atoms with Gasteiger partial charge < -0.3 is 24.3 Å². The van der Waals surface area contributed by atoms with Crippen molar-refractivity contribution in [1.29, 1.82) is 0 Å². The highest BCUT2D eigenvalue weighted by molar-refractivity contribution is 6.30. The van der Waals surface area contributed by atoms with Gasteiger partial charge in [0.05, 0.1) is 12.2 Å². The molecule has 6 rings (SSSR count). The van der Waals surface area contributed by atoms with Gasteiger partial charge in [-0.25, -0.2) is 9.78 Å². The van der Waals surface area contributed by atoms with E-state index in [9.17, 15) is 9.59 Å². The lowest BCUT2D eigenvalue weighted by Crippen LogP contribution is -2.44. The lowest BCUT2D eigenvalue weighted by Gasteiger charge is -2.32. The number of aryl methyl sites for hydroxylation is 1. The topological polar surface area (TPSA) is 94.9 Å². The molecule has 0 bridgehead atoms. The second-order valence-electron chi connectivity index (χ2n) is 9.94. The lowest BCUT2D eigenvalue weighted by molar-refractivity contribution is 0.0373. The number of nitrogens with two attached hydrogens (primary N) is 1. The van der Waals surface area contributed by atoms with Gasteiger partial charge in [0.15, 0.2) is 0 Å². The van der Waals surface area contributed by atoms with Crippen LogP contribution >= 0.6 is 11.6 Å². The average Bonchev–Trinajstić information content (AvgIpc) is 3.46. The van der Waals surface area contributed by atoms with Gasteiger partial charge in [-0.3, -0.25) is 4.79 Å². The van der Waals surface area contributed by atoms with E-state index in [0.717, 1.165) is 40.0 Å². The van der Waals surface area contributed by atoms with Crippen LogP contribution in [0.4, 0.5) is 4.79 Å². The Kier molecular flexibility index (Phi) is 6.48. The number of carbonyl (C=O) groups is 2. The summed E-state index contributed by atoms with van der Waals surface area (Å²) < 4.78 is 9.43. The van der Waals surface area contributed by atoms with Crippen LogP contribution in [0.3, 0.4) is 0 Å². The number of halogens is 1. The zero-order chi connectivity index (χ0) is 27.1. The van der Waals surface area contributed by atoms with Crippen molar-refractivity contribution in [3.63, 3.8) is 0 Å². The van der Waals surface area contributed by atoms with Gasteiger partial charge in [-0.1, -0.05) is 41.9 Å². The summed E-state index contributed by atoms with van der Waals surface area (Å²) in [5.74, 6) is -0.116. The van der Waals surface area contributed by atoms with Crippen LogP contribution in [0, 0.1) is 6.92 Å². The lowest BCUT2D eigenvalue weighted by atomic mass is 10.1. The Bertz CT molecular complexity index is 1710. The number of pyridine rings is 1. The maximum absolute atomic E-state index is 13.3. The molecule has 1 saturated heterocycles. The van der Waals surface area contributed by atoms with Crippen LogP contribution in [-0.4, -0.2) is 50.0 Å². The number of rotatable bonds is 5. The highest BCUT2D eigenvalue weighted by atomic mass is 35.5. The third-order valence-electron chi connectivity index (χ3n) is 7.37. The van der Waals surface area contributed by atoms with Crippen LogP contribution in [-0.2, 0) is 11.3 Å². The van der Waals surface area contributed by atoms with E-state index in [-0.39, 0.29) is 12.0 Å². The normalized spacial score (nSPS) is 15.6. The van der Waals surface area contributed by atoms with E-state index in [1.165, 1.54) is 0 Å². The quantitative estimate of drug-likeness (QED) is 0.310. The fourth-order valence-corrected chi connectivity index (χ4v) is 5.58. The van der Waals surface area contributed by atoms with Crippen molar-refractivity contribution in [2.75, 3.05) is 13.1 Å². The Morgan fingerprint density at radius 3 is 2.69 bits per heavy atom. The summed E-state index contributed by atoms with van der Waals surface area (Å²) in [5, 5.41) is 1.84. The molecule has 0 aliphatic carbocycles. The van der Waals surface area contributed by atoms with Gasteiger partial charge >= 0.3 is 6.09 Å². The third kappa shape index (κ3) is 4.83. The van der Waals surface area contributed by atoms with E-state index in [1.54, 1.807) is 4.90 Å². The number of imidazole rings is 1. The summed E-state index contributed by atoms with van der Waals surface area (Å²) in [4.78, 5) is 31.2. The first-order chi connectivity index (χ1) is 18.9. The molecule has 5 aromatic rings. The van der Waals surface area contributed by atoms with E-state index in [4.69, 9.17) is 27.1 Å². The number of amides is 2. The van der Waals surface area contributed by atoms with Gasteiger partial charge in [0.1, 0.15) is 17.4 Å². The number of carbonyl (C=O) groups excluding carboxylic acids is 2. The van der Waals surface area contributed by atoms with Crippen molar-refractivity contribution in [2.45, 2.75) is 32.4 Å². The van der Waals surface area contributed by atoms with E-state index in [1.807, 2.05) is 66.1 Å². The predicted octanol–water partition coefficient (Wildman–Crippen LogP) is 5.67. The minimum absolute atomic E-state index is 0.116. The third-order valence-corrected chi connectivity index (χ3v) is 7.62. The van der Waals surface area contributed by atoms with Gasteiger partial charge in [-0.05, 0) is 61.7 Å². The molecule has 2 aromatic carbocycles. The van der Waals surface area contributed by atoms with Crippen molar-refractivity contribution < 1.29 is 14.3 Å². The monoisotopic (exact) mass is 541 g/mol. The predicted molar refractivity (Wildman–Crippen MR) is 151 cm³/mol. The maximum atomic E-state index is 13.3. The number of primary amides is 1. The van der Waals surface area contributed by atoms with E-state index < -0.39 is 6.09 Å². The molecule has 198 valence electrons.